The molecule has 2 atom stereocenters. The summed E-state index contributed by atoms with van der Waals surface area (Å²) >= 11 is 1.25. The van der Waals surface area contributed by atoms with E-state index in [2.05, 4.69) is 15.2 Å². The van der Waals surface area contributed by atoms with Crippen molar-refractivity contribution in [3.05, 3.63) is 30.3 Å². The van der Waals surface area contributed by atoms with Crippen LogP contribution in [0.25, 0.3) is 11.4 Å². The van der Waals surface area contributed by atoms with E-state index in [4.69, 9.17) is 4.74 Å². The molecule has 0 radical (unpaired) electrons. The molecule has 2 fully saturated rings. The second kappa shape index (κ2) is 8.85. The highest BCUT2D eigenvalue weighted by atomic mass is 32.2. The molecule has 2 saturated heterocycles. The number of aromatic nitrogens is 3. The first-order valence-electron chi connectivity index (χ1n) is 9.72. The summed E-state index contributed by atoms with van der Waals surface area (Å²) in [7, 11) is -3.07. The molecule has 1 amide bonds. The molecular formula is C19H24N4O4S2. The van der Waals surface area contributed by atoms with E-state index < -0.39 is 9.84 Å². The SMILES string of the molecule is O=C(CSc1n[nH]c(-c2ccccc2)n1)N(C[C@H]1CCCO1)[C@@H]1CCS(=O)(=O)C1. The number of thioether (sulfide) groups is 1. The van der Waals surface area contributed by atoms with Crippen LogP contribution in [-0.2, 0) is 19.4 Å². The Morgan fingerprint density at radius 2 is 2.10 bits per heavy atom. The number of carbonyl (C=O) groups excluding carboxylic acids is 1. The van der Waals surface area contributed by atoms with Crippen LogP contribution in [0.2, 0.25) is 0 Å². The Labute approximate surface area is 174 Å². The van der Waals surface area contributed by atoms with Crippen molar-refractivity contribution in [2.45, 2.75) is 36.6 Å². The monoisotopic (exact) mass is 436 g/mol. The average Bonchev–Trinajstić information content (AvgIpc) is 3.46. The lowest BCUT2D eigenvalue weighted by molar-refractivity contribution is -0.131. The number of nitrogens with zero attached hydrogens (tertiary/aromatic N) is 3. The molecule has 3 heterocycles. The molecule has 1 aromatic carbocycles. The van der Waals surface area contributed by atoms with E-state index in [1.54, 1.807) is 4.90 Å². The Balaban J connectivity index is 1.40. The summed E-state index contributed by atoms with van der Waals surface area (Å²) in [4.78, 5) is 19.1. The third-order valence-electron chi connectivity index (χ3n) is 5.23. The molecule has 4 rings (SSSR count). The number of carbonyl (C=O) groups is 1. The molecule has 0 aliphatic carbocycles. The molecule has 0 bridgehead atoms. The summed E-state index contributed by atoms with van der Waals surface area (Å²) in [5.41, 5.74) is 0.925. The highest BCUT2D eigenvalue weighted by molar-refractivity contribution is 7.99. The lowest BCUT2D eigenvalue weighted by Gasteiger charge is -2.30. The molecule has 0 unspecified atom stereocenters. The molecule has 2 aliphatic heterocycles. The minimum Gasteiger partial charge on any atom is -0.376 e. The zero-order valence-corrected chi connectivity index (χ0v) is 17.6. The Morgan fingerprint density at radius 3 is 2.79 bits per heavy atom. The lowest BCUT2D eigenvalue weighted by Crippen LogP contribution is -2.46. The van der Waals surface area contributed by atoms with Crippen LogP contribution in [0.15, 0.2) is 35.5 Å². The van der Waals surface area contributed by atoms with E-state index in [-0.39, 0.29) is 35.3 Å². The predicted octanol–water partition coefficient (Wildman–Crippen LogP) is 1.76. The van der Waals surface area contributed by atoms with Crippen LogP contribution in [0.5, 0.6) is 0 Å². The number of hydrogen-bond acceptors (Lipinski definition) is 7. The number of nitrogens with one attached hydrogen (secondary N) is 1. The third-order valence-corrected chi connectivity index (χ3v) is 7.81. The second-order valence-corrected chi connectivity index (χ2v) is 10.5. The van der Waals surface area contributed by atoms with Crippen LogP contribution in [0.4, 0.5) is 0 Å². The Kier molecular flexibility index (Phi) is 6.21. The zero-order chi connectivity index (χ0) is 20.3. The van der Waals surface area contributed by atoms with Gasteiger partial charge in [-0.1, -0.05) is 42.1 Å². The van der Waals surface area contributed by atoms with Crippen molar-refractivity contribution in [2.24, 2.45) is 0 Å². The summed E-state index contributed by atoms with van der Waals surface area (Å²) in [5.74, 6) is 0.892. The maximum absolute atomic E-state index is 13.0. The Morgan fingerprint density at radius 1 is 1.28 bits per heavy atom. The van der Waals surface area contributed by atoms with Gasteiger partial charge in [-0.15, -0.1) is 5.10 Å². The standard InChI is InChI=1S/C19H24N4O4S2/c24-17(12-28-19-20-18(21-22-19)14-5-2-1-3-6-14)23(11-16-7-4-9-27-16)15-8-10-29(25,26)13-15/h1-3,5-6,15-16H,4,7-13H2,(H,20,21,22)/t15-,16-/m1/s1. The van der Waals surface area contributed by atoms with Gasteiger partial charge >= 0.3 is 0 Å². The average molecular weight is 437 g/mol. The zero-order valence-electron chi connectivity index (χ0n) is 16.0. The summed E-state index contributed by atoms with van der Waals surface area (Å²) in [6.07, 6.45) is 2.35. The number of benzene rings is 1. The molecule has 1 aromatic heterocycles. The third kappa shape index (κ3) is 5.18. The summed E-state index contributed by atoms with van der Waals surface area (Å²) in [5, 5.41) is 7.57. The van der Waals surface area contributed by atoms with Crippen molar-refractivity contribution in [3.8, 4) is 11.4 Å². The first kappa shape index (κ1) is 20.4. The van der Waals surface area contributed by atoms with Gasteiger partial charge < -0.3 is 9.64 Å². The van der Waals surface area contributed by atoms with Gasteiger partial charge in [0.05, 0.1) is 23.4 Å². The van der Waals surface area contributed by atoms with E-state index >= 15 is 0 Å². The maximum Gasteiger partial charge on any atom is 0.233 e. The largest absolute Gasteiger partial charge is 0.376 e. The van der Waals surface area contributed by atoms with Crippen molar-refractivity contribution < 1.29 is 17.9 Å². The first-order chi connectivity index (χ1) is 14.0. The minimum absolute atomic E-state index is 0.0135. The fourth-order valence-corrected chi connectivity index (χ4v) is 6.14. The first-order valence-corrected chi connectivity index (χ1v) is 12.5. The highest BCUT2D eigenvalue weighted by Gasteiger charge is 2.36. The molecular weight excluding hydrogens is 412 g/mol. The number of hydrogen-bond donors (Lipinski definition) is 1. The van der Waals surface area contributed by atoms with Crippen molar-refractivity contribution in [3.63, 3.8) is 0 Å². The highest BCUT2D eigenvalue weighted by Crippen LogP contribution is 2.24. The van der Waals surface area contributed by atoms with Gasteiger partial charge in [-0.05, 0) is 19.3 Å². The molecule has 1 N–H and O–H groups in total. The summed E-state index contributed by atoms with van der Waals surface area (Å²) in [6.45, 7) is 1.15. The van der Waals surface area contributed by atoms with Gasteiger partial charge in [-0.3, -0.25) is 9.89 Å². The van der Waals surface area contributed by atoms with E-state index in [1.807, 2.05) is 30.3 Å². The molecule has 8 nitrogen and oxygen atoms in total. The van der Waals surface area contributed by atoms with Crippen LogP contribution in [0.3, 0.4) is 0 Å². The Hall–Kier alpha value is -1.91. The van der Waals surface area contributed by atoms with Gasteiger partial charge in [0.2, 0.25) is 11.1 Å². The smallest absolute Gasteiger partial charge is 0.233 e. The molecule has 156 valence electrons. The fraction of sp³-hybridized carbons (Fsp3) is 0.526. The van der Waals surface area contributed by atoms with Gasteiger partial charge in [0.1, 0.15) is 0 Å². The predicted molar refractivity (Wildman–Crippen MR) is 110 cm³/mol. The van der Waals surface area contributed by atoms with E-state index in [0.29, 0.717) is 30.6 Å². The van der Waals surface area contributed by atoms with Gasteiger partial charge in [-0.25, -0.2) is 13.4 Å². The van der Waals surface area contributed by atoms with Crippen LogP contribution in [0, 0.1) is 0 Å². The minimum atomic E-state index is -3.07. The molecule has 2 aromatic rings. The molecule has 2 aliphatic rings. The molecule has 0 saturated carbocycles. The van der Waals surface area contributed by atoms with E-state index in [1.165, 1.54) is 11.8 Å². The summed E-state index contributed by atoms with van der Waals surface area (Å²) < 4.78 is 29.5. The number of ether oxygens (including phenoxy) is 1. The fourth-order valence-electron chi connectivity index (χ4n) is 3.73. The molecule has 29 heavy (non-hydrogen) atoms. The number of H-pyrrole nitrogens is 1. The van der Waals surface area contributed by atoms with Gasteiger partial charge in [0.15, 0.2) is 15.7 Å². The number of rotatable bonds is 7. The Bertz CT molecular complexity index is 942. The maximum atomic E-state index is 13.0. The molecule has 0 spiro atoms. The number of amides is 1. The van der Waals surface area contributed by atoms with Gasteiger partial charge in [0.25, 0.3) is 0 Å². The quantitative estimate of drug-likeness (QED) is 0.659. The second-order valence-electron chi connectivity index (χ2n) is 7.36. The van der Waals surface area contributed by atoms with Crippen LogP contribution >= 0.6 is 11.8 Å². The topological polar surface area (TPSA) is 105 Å². The number of sulfone groups is 1. The normalized spacial score (nSPS) is 23.3. The van der Waals surface area contributed by atoms with E-state index in [9.17, 15) is 13.2 Å². The van der Waals surface area contributed by atoms with Crippen molar-refractivity contribution in [2.75, 3.05) is 30.4 Å². The van der Waals surface area contributed by atoms with Gasteiger partial charge in [0, 0.05) is 24.8 Å². The van der Waals surface area contributed by atoms with Crippen molar-refractivity contribution >= 4 is 27.5 Å². The lowest BCUT2D eigenvalue weighted by atomic mass is 10.1. The number of aromatic amines is 1. The van der Waals surface area contributed by atoms with Crippen molar-refractivity contribution in [1.29, 1.82) is 0 Å². The van der Waals surface area contributed by atoms with Crippen LogP contribution in [0.1, 0.15) is 19.3 Å². The van der Waals surface area contributed by atoms with E-state index in [0.717, 1.165) is 18.4 Å². The van der Waals surface area contributed by atoms with Crippen LogP contribution in [-0.4, -0.2) is 77.0 Å². The summed E-state index contributed by atoms with van der Waals surface area (Å²) in [6, 6.07) is 9.37. The van der Waals surface area contributed by atoms with Gasteiger partial charge in [-0.2, -0.15) is 0 Å². The molecule has 10 heteroatoms. The van der Waals surface area contributed by atoms with Crippen LogP contribution < -0.4 is 0 Å². The van der Waals surface area contributed by atoms with Crippen molar-refractivity contribution in [1.82, 2.24) is 20.1 Å².